The summed E-state index contributed by atoms with van der Waals surface area (Å²) in [5, 5.41) is 24.0. The number of carbonyl (C=O) groups is 4. The molecular formula is C77H84Cl14N20O16P2S4. The van der Waals surface area contributed by atoms with Crippen molar-refractivity contribution in [3.8, 4) is 45.0 Å². The van der Waals surface area contributed by atoms with Gasteiger partial charge in [-0.05, 0) is 198 Å². The van der Waals surface area contributed by atoms with Crippen LogP contribution in [0, 0.1) is 5.41 Å². The van der Waals surface area contributed by atoms with Gasteiger partial charge in [0.25, 0.3) is 5.56 Å². The number of methoxy groups -OCH3 is 4. The van der Waals surface area contributed by atoms with Gasteiger partial charge in [0.05, 0.1) is 53.7 Å². The van der Waals surface area contributed by atoms with Crippen LogP contribution < -0.4 is 28.0 Å². The zero-order chi connectivity index (χ0) is 100. The SMILES string of the molecule is CCO.CCOC(=O)CC(=O)c1ccnc(Cl)c1.CCOC(=O)c1ccnc(Cl)c1.COC(CN)OC.COC(CNc1cc(-c2ccnc(Cl)c2)nc(SC)n1)OC.CSC(=N)N.CSc1nc(-c2ccnc(Cl)c2)cc(=O)[nH]1.CSc1nc(Cl)cc(-c2ccnc(Cl)c2)n1.O=C(O)c1ccnc(Cl)c1.O=P(Cl)(Cl)Cl.O=P(Cl)(Cl)Cl.O=c1[nH]c(-c2ccnc(Cl)c2)cc2nccn12. The topological polar surface area (TPSA) is 524 Å². The molecule has 0 saturated carbocycles. The Balaban J connectivity index is 0.000000749. The van der Waals surface area contributed by atoms with Gasteiger partial charge in [-0.2, -0.15) is 0 Å². The third-order valence-electron chi connectivity index (χ3n) is 13.9. The fraction of sp³-hybridized carbons (Fsp3) is 0.247. The van der Waals surface area contributed by atoms with Crippen LogP contribution >= 0.6 is 218 Å². The minimum atomic E-state index is -3.22. The van der Waals surface area contributed by atoms with Crippen molar-refractivity contribution < 1.29 is 66.9 Å². The van der Waals surface area contributed by atoms with E-state index >= 15 is 0 Å². The predicted octanol–water partition coefficient (Wildman–Crippen LogP) is 21.1. The number of carboxylic acid groups (broad SMARTS) is 1. The molecule has 0 aromatic carbocycles. The number of carbonyl (C=O) groups excluding carboxylic acids is 3. The molecule has 0 bridgehead atoms. The number of fused-ring (bicyclic) bond motifs is 1. The molecule has 36 nitrogen and oxygen atoms in total. The van der Waals surface area contributed by atoms with Gasteiger partial charge in [-0.25, -0.2) is 79.2 Å². The normalized spacial score (nSPS) is 10.2. The summed E-state index contributed by atoms with van der Waals surface area (Å²) in [4.78, 5) is 125. The Morgan fingerprint density at radius 3 is 1.29 bits per heavy atom. The van der Waals surface area contributed by atoms with Crippen molar-refractivity contribution in [1.82, 2.24) is 79.2 Å². The molecule has 133 heavy (non-hydrogen) atoms. The van der Waals surface area contributed by atoms with Crippen molar-refractivity contribution in [1.29, 1.82) is 5.41 Å². The van der Waals surface area contributed by atoms with E-state index in [-0.39, 0.29) is 76.3 Å². The van der Waals surface area contributed by atoms with Crippen LogP contribution in [-0.2, 0) is 42.3 Å². The minimum Gasteiger partial charge on any atom is -0.478 e. The number of imidazole rings is 1. The molecule has 0 aliphatic carbocycles. The first kappa shape index (κ1) is 124. The first-order chi connectivity index (χ1) is 62.9. The van der Waals surface area contributed by atoms with Crippen LogP contribution in [0.2, 0.25) is 41.2 Å². The maximum absolute atomic E-state index is 11.7. The highest BCUT2D eigenvalue weighted by atomic mass is 36.1. The molecule has 12 rings (SSSR count). The number of pyridine rings is 7. The highest BCUT2D eigenvalue weighted by molar-refractivity contribution is 8.25. The van der Waals surface area contributed by atoms with E-state index in [1.807, 2.05) is 37.0 Å². The number of nitrogens with one attached hydrogen (secondary N) is 4. The van der Waals surface area contributed by atoms with Gasteiger partial charge in [-0.15, -0.1) is 0 Å². The van der Waals surface area contributed by atoms with Gasteiger partial charge in [0.1, 0.15) is 59.1 Å². The number of aliphatic hydroxyl groups excluding tert-OH is 1. The smallest absolute Gasteiger partial charge is 0.339 e. The Morgan fingerprint density at radius 2 is 0.895 bits per heavy atom. The number of ether oxygens (including phenoxy) is 6. The number of aromatic nitrogens is 16. The summed E-state index contributed by atoms with van der Waals surface area (Å²) in [6.07, 6.45) is 20.5. The molecule has 0 spiro atoms. The average Bonchev–Trinajstić information content (AvgIpc) is 1.71. The molecule has 0 aliphatic rings. The lowest BCUT2D eigenvalue weighted by atomic mass is 10.1. The number of aliphatic hydroxyl groups is 1. The maximum atomic E-state index is 11.7. The number of aromatic carboxylic acids is 1. The number of nitrogens with zero attached hydrogens (tertiary/aromatic N) is 14. The molecule has 0 amide bonds. The van der Waals surface area contributed by atoms with Gasteiger partial charge in [-0.1, -0.05) is 140 Å². The molecule has 0 saturated heterocycles. The van der Waals surface area contributed by atoms with E-state index in [1.165, 1.54) is 106 Å². The number of halogens is 14. The molecule has 0 radical (unpaired) electrons. The van der Waals surface area contributed by atoms with E-state index in [9.17, 15) is 37.9 Å². The Labute approximate surface area is 848 Å². The van der Waals surface area contributed by atoms with Gasteiger partial charge >= 0.3 is 34.0 Å². The number of carboxylic acids is 1. The molecule has 0 unspecified atom stereocenters. The van der Waals surface area contributed by atoms with Crippen LogP contribution in [-0.4, -0.2) is 217 Å². The monoisotopic (exact) mass is 2220 g/mol. The Kier molecular flexibility index (Phi) is 64.4. The van der Waals surface area contributed by atoms with Crippen molar-refractivity contribution in [2.45, 2.75) is 55.2 Å². The molecule has 720 valence electrons. The number of H-pyrrole nitrogens is 2. The van der Waals surface area contributed by atoms with Crippen LogP contribution in [0.25, 0.3) is 50.7 Å². The zero-order valence-corrected chi connectivity index (χ0v) is 87.0. The Hall–Kier alpha value is -7.46. The molecule has 0 atom stereocenters. The second kappa shape index (κ2) is 69.4. The summed E-state index contributed by atoms with van der Waals surface area (Å²) in [7, 11) is 6.29. The van der Waals surface area contributed by atoms with Crippen molar-refractivity contribution >= 4 is 258 Å². The summed E-state index contributed by atoms with van der Waals surface area (Å²) in [6.45, 7) is 6.88. The minimum absolute atomic E-state index is 0.153. The Bertz CT molecular complexity index is 5780. The van der Waals surface area contributed by atoms with Crippen molar-refractivity contribution in [2.24, 2.45) is 11.5 Å². The zero-order valence-electron chi connectivity index (χ0n) is 71.3. The molecule has 56 heteroatoms. The van der Waals surface area contributed by atoms with Crippen LogP contribution in [0.4, 0.5) is 5.82 Å². The first-order valence-electron chi connectivity index (χ1n) is 36.4. The van der Waals surface area contributed by atoms with Crippen LogP contribution in [0.5, 0.6) is 0 Å². The molecule has 12 heterocycles. The van der Waals surface area contributed by atoms with Gasteiger partial charge in [0, 0.05) is 149 Å². The third kappa shape index (κ3) is 56.7. The van der Waals surface area contributed by atoms with Crippen LogP contribution in [0.1, 0.15) is 58.3 Å². The standard InChI is InChI=1S/C14H17ClN4O2S.C11H7ClN4O.C10H7Cl2N3S.C10H8ClN3OS.C10H10ClNO3.C8H8ClNO2.C6H4ClNO2.C4H11NO2.C2H6N2S.C2H6O.2Cl3OP/c1-20-13(21-2)8-17-12-7-10(18-14(19-12)22-3)9-4-5-16-11(15)6-9;12-9-5-7(1-2-13-9)8-6-10-14-3-4-16(10)11(17)15-8;1-16-10-14-7(5-9(12)15-10)6-2-3-13-8(11)4-6;1-16-10-13-7(5-9(15)14-10)6-2-3-12-8(11)4-6;1-2-15-10(14)6-8(13)7-3-4-12-9(11)5-7;1-2-12-8(11)6-3-4-10-7(9)5-6;7-5-3-4(6(9)10)1-2-8-5;1-6-4(3-5)7-2;1-5-2(3)4;1-2-3;2*1-5(2,3)4/h4-7,13H,8H2,1-3H3,(H,17,18,19);1-6H,(H,15,17);2-5H,1H3;2-5H,1H3,(H,13,14,15);3-5H,2,6H2,1H3;3-5H,2H2,1H3;1-3H,(H,9,10);4H,3,5H2,1-2H3;1H3,(H3,3,4);3H,2H2,1H3;;. The number of amidine groups is 1. The van der Waals surface area contributed by atoms with E-state index in [1.54, 1.807) is 147 Å². The molecule has 0 fully saturated rings. The number of thioether (sulfide) groups is 4. The average molecular weight is 2230 g/mol. The third-order valence-corrected chi connectivity index (χ3v) is 17.7. The summed E-state index contributed by atoms with van der Waals surface area (Å²) in [6, 6.07) is 29.5. The van der Waals surface area contributed by atoms with Crippen molar-refractivity contribution in [3.05, 3.63) is 244 Å². The van der Waals surface area contributed by atoms with Gasteiger partial charge in [0.2, 0.25) is 0 Å². The second-order valence-corrected chi connectivity index (χ2v) is 42.6. The van der Waals surface area contributed by atoms with Crippen LogP contribution in [0.15, 0.2) is 190 Å². The number of esters is 2. The number of ketones is 1. The largest absolute Gasteiger partial charge is 0.478 e. The highest BCUT2D eigenvalue weighted by Gasteiger charge is 2.16. The lowest BCUT2D eigenvalue weighted by Gasteiger charge is -2.15. The summed E-state index contributed by atoms with van der Waals surface area (Å²) < 4.78 is 49.6. The number of hydrogen-bond acceptors (Lipinski definition) is 35. The van der Waals surface area contributed by atoms with E-state index in [0.717, 1.165) is 33.6 Å². The van der Waals surface area contributed by atoms with Gasteiger partial charge in [-0.3, -0.25) is 33.3 Å². The summed E-state index contributed by atoms with van der Waals surface area (Å²) in [5.41, 5.74) is 17.2. The number of aromatic amines is 2. The Morgan fingerprint density at radius 1 is 0.504 bits per heavy atom. The lowest BCUT2D eigenvalue weighted by Crippen LogP contribution is -2.24. The van der Waals surface area contributed by atoms with Crippen LogP contribution in [0.3, 0.4) is 0 Å². The molecule has 12 aromatic heterocycles. The quantitative estimate of drug-likeness (QED) is 0.00267. The number of Topliss-reactive ketones (excluding diaryl/α,β-unsaturated/α-hetero) is 1. The first-order valence-corrected chi connectivity index (χ1v) is 53.2. The van der Waals surface area contributed by atoms with E-state index in [2.05, 4.69) is 152 Å². The van der Waals surface area contributed by atoms with Gasteiger partial charge in [0.15, 0.2) is 39.0 Å². The predicted molar refractivity (Wildman–Crippen MR) is 536 cm³/mol. The van der Waals surface area contributed by atoms with Crippen molar-refractivity contribution in [2.75, 3.05) is 91.7 Å². The van der Waals surface area contributed by atoms with Gasteiger partial charge < -0.3 is 65.4 Å². The van der Waals surface area contributed by atoms with E-state index < -0.39 is 22.3 Å². The number of anilines is 1. The molecule has 12 aromatic rings. The molecule has 0 aliphatic heterocycles. The highest BCUT2D eigenvalue weighted by Crippen LogP contribution is 2.62. The number of hydrogen-bond donors (Lipinski definition) is 8. The molecular weight excluding hydrogens is 2150 g/mol. The fourth-order valence-corrected chi connectivity index (χ4v) is 11.1. The van der Waals surface area contributed by atoms with E-state index in [4.69, 9.17) is 144 Å². The second-order valence-electron chi connectivity index (χ2n) is 23.1. The molecule has 10 N–H and O–H groups in total. The maximum Gasteiger partial charge on any atom is 0.339 e. The summed E-state index contributed by atoms with van der Waals surface area (Å²) in [5.74, 6) is -1.53. The number of rotatable bonds is 22. The van der Waals surface area contributed by atoms with Crippen molar-refractivity contribution in [3.63, 3.8) is 0 Å². The summed E-state index contributed by atoms with van der Waals surface area (Å²) >= 11 is 79.1. The van der Waals surface area contributed by atoms with E-state index in [0.29, 0.717) is 100 Å². The lowest BCUT2D eigenvalue weighted by molar-refractivity contribution is -0.142. The fourth-order valence-electron chi connectivity index (χ4n) is 8.46. The number of nitrogens with two attached hydrogens (primary N) is 2.